The zero-order valence-corrected chi connectivity index (χ0v) is 27.1. The fourth-order valence-corrected chi connectivity index (χ4v) is 6.36. The van der Waals surface area contributed by atoms with E-state index < -0.39 is 12.0 Å². The number of hydrogen-bond donors (Lipinski definition) is 0. The van der Waals surface area contributed by atoms with Crippen LogP contribution < -0.4 is 24.4 Å². The number of esters is 1. The molecule has 7 nitrogen and oxygen atoms in total. The second kappa shape index (κ2) is 13.8. The van der Waals surface area contributed by atoms with E-state index in [9.17, 15) is 9.59 Å². The number of rotatable bonds is 10. The molecule has 0 radical (unpaired) electrons. The first-order valence-corrected chi connectivity index (χ1v) is 15.8. The van der Waals surface area contributed by atoms with Gasteiger partial charge in [0.1, 0.15) is 24.1 Å². The van der Waals surface area contributed by atoms with Crippen molar-refractivity contribution >= 4 is 50.9 Å². The Balaban J connectivity index is 1.57. The van der Waals surface area contributed by atoms with Gasteiger partial charge < -0.3 is 14.2 Å². The van der Waals surface area contributed by atoms with Crippen LogP contribution in [-0.4, -0.2) is 24.3 Å². The number of hydrogen-bond acceptors (Lipinski definition) is 7. The van der Waals surface area contributed by atoms with Crippen LogP contribution in [0.2, 0.25) is 5.02 Å². The van der Waals surface area contributed by atoms with E-state index in [0.717, 1.165) is 27.8 Å². The highest BCUT2D eigenvalue weighted by Gasteiger charge is 2.36. The lowest BCUT2D eigenvalue weighted by molar-refractivity contribution is -0.139. The molecule has 0 saturated heterocycles. The number of halogens is 2. The molecule has 222 valence electrons. The molecule has 4 aromatic rings. The molecule has 1 aliphatic heterocycles. The minimum atomic E-state index is -0.818. The number of methoxy groups -OCH3 is 1. The highest BCUT2D eigenvalue weighted by molar-refractivity contribution is 9.10. The average Bonchev–Trinajstić information content (AvgIpc) is 3.31. The summed E-state index contributed by atoms with van der Waals surface area (Å²) < 4.78 is 20.1. The number of allylic oxidation sites excluding steroid dienone is 1. The Hall–Kier alpha value is -3.66. The molecule has 0 amide bonds. The predicted octanol–water partition coefficient (Wildman–Crippen LogP) is 6.58. The summed E-state index contributed by atoms with van der Waals surface area (Å²) in [6.07, 6.45) is 3.12. The molecule has 2 heterocycles. The Morgan fingerprint density at radius 1 is 1.09 bits per heavy atom. The van der Waals surface area contributed by atoms with Crippen molar-refractivity contribution in [3.8, 4) is 11.5 Å². The van der Waals surface area contributed by atoms with Gasteiger partial charge in [-0.25, -0.2) is 9.79 Å². The van der Waals surface area contributed by atoms with Crippen molar-refractivity contribution in [3.05, 3.63) is 124 Å². The number of aromatic nitrogens is 1. The van der Waals surface area contributed by atoms with Crippen LogP contribution in [0.15, 0.2) is 92.3 Å². The van der Waals surface area contributed by atoms with E-state index in [1.165, 1.54) is 11.3 Å². The van der Waals surface area contributed by atoms with Gasteiger partial charge in [0.2, 0.25) is 0 Å². The lowest BCUT2D eigenvalue weighted by Gasteiger charge is -2.27. The molecule has 1 aromatic heterocycles. The smallest absolute Gasteiger partial charge is 0.338 e. The summed E-state index contributed by atoms with van der Waals surface area (Å²) in [6.45, 7) is 4.40. The Morgan fingerprint density at radius 2 is 1.84 bits per heavy atom. The van der Waals surface area contributed by atoms with Gasteiger partial charge in [0.25, 0.3) is 5.56 Å². The number of thiazole rings is 1. The number of nitrogens with zero attached hydrogens (tertiary/aromatic N) is 2. The Labute approximate surface area is 266 Å². The van der Waals surface area contributed by atoms with Crippen LogP contribution in [0.1, 0.15) is 49.4 Å². The molecule has 0 N–H and O–H groups in total. The maximum atomic E-state index is 14.0. The summed E-state index contributed by atoms with van der Waals surface area (Å²) in [5, 5.41) is 0.456. The maximum absolute atomic E-state index is 14.0. The fourth-order valence-electron chi connectivity index (χ4n) is 4.89. The monoisotopic (exact) mass is 680 g/mol. The van der Waals surface area contributed by atoms with Crippen molar-refractivity contribution < 1.29 is 19.0 Å². The largest absolute Gasteiger partial charge is 0.496 e. The fraction of sp³-hybridized carbons (Fsp3) is 0.242. The van der Waals surface area contributed by atoms with Gasteiger partial charge in [0, 0.05) is 15.1 Å². The topological polar surface area (TPSA) is 79.1 Å². The van der Waals surface area contributed by atoms with Crippen LogP contribution in [0.3, 0.4) is 0 Å². The maximum Gasteiger partial charge on any atom is 0.338 e. The van der Waals surface area contributed by atoms with Gasteiger partial charge in [0.15, 0.2) is 4.80 Å². The first-order valence-electron chi connectivity index (χ1n) is 13.9. The van der Waals surface area contributed by atoms with Gasteiger partial charge in [0.05, 0.1) is 29.5 Å². The zero-order valence-electron chi connectivity index (χ0n) is 23.9. The van der Waals surface area contributed by atoms with Crippen molar-refractivity contribution in [2.24, 2.45) is 4.99 Å². The molecule has 3 aromatic carbocycles. The lowest BCUT2D eigenvalue weighted by Crippen LogP contribution is -2.40. The van der Waals surface area contributed by atoms with Gasteiger partial charge in [-0.1, -0.05) is 76.5 Å². The molecule has 0 aliphatic carbocycles. The molecule has 0 spiro atoms. The number of fused-ring (bicyclic) bond motifs is 1. The van der Waals surface area contributed by atoms with Crippen LogP contribution in [0.5, 0.6) is 11.5 Å². The molecule has 0 bridgehead atoms. The third kappa shape index (κ3) is 6.79. The second-order valence-corrected chi connectivity index (χ2v) is 12.1. The van der Waals surface area contributed by atoms with Crippen LogP contribution in [0.4, 0.5) is 0 Å². The average molecular weight is 682 g/mol. The van der Waals surface area contributed by atoms with Crippen LogP contribution in [0.25, 0.3) is 6.08 Å². The second-order valence-electron chi connectivity index (χ2n) is 9.78. The quantitative estimate of drug-likeness (QED) is 0.177. The zero-order chi connectivity index (χ0) is 30.5. The molecule has 43 heavy (non-hydrogen) atoms. The van der Waals surface area contributed by atoms with E-state index in [4.69, 9.17) is 30.8 Å². The summed E-state index contributed by atoms with van der Waals surface area (Å²) in [4.78, 5) is 32.8. The first kappa shape index (κ1) is 30.8. The summed E-state index contributed by atoms with van der Waals surface area (Å²) >= 11 is 11.1. The minimum Gasteiger partial charge on any atom is -0.496 e. The molecule has 0 fully saturated rings. The summed E-state index contributed by atoms with van der Waals surface area (Å²) in [6, 6.07) is 19.9. The Morgan fingerprint density at radius 3 is 2.51 bits per heavy atom. The van der Waals surface area contributed by atoms with Crippen molar-refractivity contribution in [3.63, 3.8) is 0 Å². The van der Waals surface area contributed by atoms with Gasteiger partial charge >= 0.3 is 5.97 Å². The van der Waals surface area contributed by atoms with E-state index in [0.29, 0.717) is 50.0 Å². The normalized spacial score (nSPS) is 14.7. The standard InChI is InChI=1S/C33H30BrClN2O5S/c1-4-6-26-29(32(39)41-5-2)30(25-18-23(35)13-16-27(25)40-3)37-31(38)28(43-33(37)36-26)17-20-9-14-24(15-10-20)42-19-21-7-11-22(34)12-8-21/h7-18,30H,4-6,19H2,1-3H3/b28-17+/t30-/m1/s1. The minimum absolute atomic E-state index is 0.189. The van der Waals surface area contributed by atoms with Crippen molar-refractivity contribution in [1.82, 2.24) is 4.57 Å². The van der Waals surface area contributed by atoms with Crippen molar-refractivity contribution in [1.29, 1.82) is 0 Å². The summed E-state index contributed by atoms with van der Waals surface area (Å²) in [5.74, 6) is 0.704. The van der Waals surface area contributed by atoms with Crippen molar-refractivity contribution in [2.75, 3.05) is 13.7 Å². The van der Waals surface area contributed by atoms with Gasteiger partial charge in [-0.15, -0.1) is 0 Å². The van der Waals surface area contributed by atoms with Crippen LogP contribution in [0, 0.1) is 0 Å². The molecule has 1 aliphatic rings. The Kier molecular flexibility index (Phi) is 9.85. The predicted molar refractivity (Wildman–Crippen MR) is 173 cm³/mol. The number of ether oxygens (including phenoxy) is 3. The van der Waals surface area contributed by atoms with Crippen molar-refractivity contribution in [2.45, 2.75) is 39.3 Å². The summed E-state index contributed by atoms with van der Waals surface area (Å²) in [5.41, 5.74) is 3.11. The van der Waals surface area contributed by atoms with E-state index in [1.807, 2.05) is 61.5 Å². The highest BCUT2D eigenvalue weighted by atomic mass is 79.9. The molecule has 0 unspecified atom stereocenters. The van der Waals surface area contributed by atoms with E-state index in [2.05, 4.69) is 15.9 Å². The van der Waals surface area contributed by atoms with Crippen LogP contribution in [-0.2, 0) is 16.1 Å². The molecular formula is C33H30BrClN2O5S. The van der Waals surface area contributed by atoms with Gasteiger partial charge in [-0.2, -0.15) is 0 Å². The van der Waals surface area contributed by atoms with Gasteiger partial charge in [-0.3, -0.25) is 9.36 Å². The summed E-state index contributed by atoms with van der Waals surface area (Å²) in [7, 11) is 1.55. The number of carbonyl (C=O) groups is 1. The van der Waals surface area contributed by atoms with E-state index in [-0.39, 0.29) is 12.2 Å². The van der Waals surface area contributed by atoms with Gasteiger partial charge in [-0.05, 0) is 73.0 Å². The first-order chi connectivity index (χ1) is 20.8. The Bertz CT molecular complexity index is 1850. The number of carbonyl (C=O) groups excluding carboxylic acids is 1. The molecule has 10 heteroatoms. The lowest BCUT2D eigenvalue weighted by atomic mass is 9.93. The molecule has 0 saturated carbocycles. The van der Waals surface area contributed by atoms with Crippen LogP contribution >= 0.6 is 38.9 Å². The molecule has 5 rings (SSSR count). The molecule has 1 atom stereocenters. The third-order valence-electron chi connectivity index (χ3n) is 6.88. The van der Waals surface area contributed by atoms with E-state index >= 15 is 0 Å². The SMILES string of the molecule is CCCC1=C(C(=O)OCC)[C@@H](c2cc(Cl)ccc2OC)n2c(s/c(=C/c3ccc(OCc4ccc(Br)cc4)cc3)c2=O)=N1. The number of benzene rings is 3. The highest BCUT2D eigenvalue weighted by Crippen LogP contribution is 2.38. The molecular weight excluding hydrogens is 652 g/mol. The van der Waals surface area contributed by atoms with E-state index in [1.54, 1.807) is 36.8 Å². The third-order valence-corrected chi connectivity index (χ3v) is 8.62.